The molecule has 1 aliphatic rings. The van der Waals surface area contributed by atoms with Gasteiger partial charge in [-0.3, -0.25) is 9.78 Å². The van der Waals surface area contributed by atoms with Crippen LogP contribution in [0.4, 0.5) is 5.69 Å². The van der Waals surface area contributed by atoms with Crippen LogP contribution in [0.25, 0.3) is 10.4 Å². The van der Waals surface area contributed by atoms with Gasteiger partial charge in [-0.15, -0.1) is 11.3 Å². The minimum Gasteiger partial charge on any atom is -0.477 e. The van der Waals surface area contributed by atoms with Gasteiger partial charge in [0.15, 0.2) is 0 Å². The summed E-state index contributed by atoms with van der Waals surface area (Å²) in [7, 11) is 0. The first-order valence-corrected chi connectivity index (χ1v) is 12.9. The van der Waals surface area contributed by atoms with Gasteiger partial charge < -0.3 is 10.0 Å². The summed E-state index contributed by atoms with van der Waals surface area (Å²) in [5.41, 5.74) is 3.10. The van der Waals surface area contributed by atoms with E-state index in [1.54, 1.807) is 17.3 Å². The molecule has 5 nitrogen and oxygen atoms in total. The van der Waals surface area contributed by atoms with E-state index >= 15 is 0 Å². The van der Waals surface area contributed by atoms with Crippen LogP contribution in [0, 0.1) is 23.7 Å². The molecular formula is C29H30N2O3S. The highest BCUT2D eigenvalue weighted by Gasteiger charge is 2.33. The van der Waals surface area contributed by atoms with E-state index in [1.165, 1.54) is 11.3 Å². The predicted octanol–water partition coefficient (Wildman–Crippen LogP) is 6.48. The Morgan fingerprint density at radius 1 is 1.06 bits per heavy atom. The zero-order valence-corrected chi connectivity index (χ0v) is 21.1. The minimum absolute atomic E-state index is 0.0415. The Kier molecular flexibility index (Phi) is 7.67. The van der Waals surface area contributed by atoms with Crippen LogP contribution in [0.2, 0.25) is 0 Å². The van der Waals surface area contributed by atoms with E-state index < -0.39 is 5.97 Å². The van der Waals surface area contributed by atoms with Crippen LogP contribution in [-0.4, -0.2) is 28.0 Å². The fourth-order valence-corrected chi connectivity index (χ4v) is 5.50. The Balaban J connectivity index is 1.62. The van der Waals surface area contributed by atoms with Crippen molar-refractivity contribution >= 4 is 28.9 Å². The number of carbonyl (C=O) groups is 2. The molecule has 0 spiro atoms. The lowest BCUT2D eigenvalue weighted by molar-refractivity contribution is -0.123. The van der Waals surface area contributed by atoms with Crippen molar-refractivity contribution in [1.29, 1.82) is 0 Å². The summed E-state index contributed by atoms with van der Waals surface area (Å²) < 4.78 is 0. The smallest absolute Gasteiger partial charge is 0.348 e. The van der Waals surface area contributed by atoms with Crippen molar-refractivity contribution in [2.75, 3.05) is 4.90 Å². The average molecular weight is 487 g/mol. The van der Waals surface area contributed by atoms with Crippen LogP contribution in [0.5, 0.6) is 0 Å². The first-order chi connectivity index (χ1) is 16.8. The first kappa shape index (κ1) is 24.7. The topological polar surface area (TPSA) is 70.5 Å². The summed E-state index contributed by atoms with van der Waals surface area (Å²) in [6.07, 6.45) is 7.24. The fraction of sp³-hybridized carbons (Fsp3) is 0.345. The number of pyridine rings is 1. The Morgan fingerprint density at radius 3 is 2.34 bits per heavy atom. The van der Waals surface area contributed by atoms with Crippen molar-refractivity contribution < 1.29 is 14.7 Å². The third kappa shape index (κ3) is 5.80. The van der Waals surface area contributed by atoms with Crippen LogP contribution in [0.15, 0.2) is 54.9 Å². The summed E-state index contributed by atoms with van der Waals surface area (Å²) in [4.78, 5) is 32.5. The van der Waals surface area contributed by atoms with Crippen molar-refractivity contribution in [3.8, 4) is 22.3 Å². The summed E-state index contributed by atoms with van der Waals surface area (Å²) in [6.45, 7) is 6.12. The lowest BCUT2D eigenvalue weighted by Gasteiger charge is -2.33. The van der Waals surface area contributed by atoms with Crippen LogP contribution < -0.4 is 4.90 Å². The standard InChI is InChI=1S/C29H30N2O3S/c1-19(2)31(28(32)24-12-6-20(3)7-13-24)25-17-26(35-27(25)29(33)34)23-14-10-21(11-15-23)8-9-22-5-4-16-30-18-22/h4-5,10-11,14-20,24H,6-7,12-13H2,1-3H3,(H,33,34)/t20-,24-. The molecule has 35 heavy (non-hydrogen) atoms. The molecule has 0 aliphatic heterocycles. The van der Waals surface area contributed by atoms with Gasteiger partial charge in [-0.05, 0) is 81.3 Å². The van der Waals surface area contributed by atoms with E-state index in [2.05, 4.69) is 23.7 Å². The quantitative estimate of drug-likeness (QED) is 0.419. The second kappa shape index (κ2) is 10.9. The highest BCUT2D eigenvalue weighted by Crippen LogP contribution is 2.40. The number of anilines is 1. The maximum atomic E-state index is 13.5. The van der Waals surface area contributed by atoms with Gasteiger partial charge in [0.25, 0.3) is 0 Å². The number of carboxylic acids is 1. The molecule has 1 saturated carbocycles. The summed E-state index contributed by atoms with van der Waals surface area (Å²) in [5, 5.41) is 9.95. The fourth-order valence-electron chi connectivity index (χ4n) is 4.51. The predicted molar refractivity (Wildman–Crippen MR) is 141 cm³/mol. The molecule has 1 N–H and O–H groups in total. The van der Waals surface area contributed by atoms with E-state index in [4.69, 9.17) is 0 Å². The maximum Gasteiger partial charge on any atom is 0.348 e. The lowest BCUT2D eigenvalue weighted by Crippen LogP contribution is -2.42. The number of aromatic carboxylic acids is 1. The molecule has 4 rings (SSSR count). The minimum atomic E-state index is -1.01. The zero-order valence-electron chi connectivity index (χ0n) is 20.3. The number of carboxylic acid groups (broad SMARTS) is 1. The molecule has 2 heterocycles. The molecule has 0 unspecified atom stereocenters. The van der Waals surface area contributed by atoms with Crippen molar-refractivity contribution in [3.63, 3.8) is 0 Å². The van der Waals surface area contributed by atoms with Crippen molar-refractivity contribution in [2.45, 2.75) is 52.5 Å². The van der Waals surface area contributed by atoms with Crippen molar-refractivity contribution in [3.05, 3.63) is 70.9 Å². The van der Waals surface area contributed by atoms with Crippen LogP contribution in [0.3, 0.4) is 0 Å². The van der Waals surface area contributed by atoms with E-state index in [1.807, 2.05) is 56.3 Å². The van der Waals surface area contributed by atoms with Gasteiger partial charge in [0.05, 0.1) is 5.69 Å². The number of carbonyl (C=O) groups excluding carboxylic acids is 1. The van der Waals surface area contributed by atoms with Gasteiger partial charge in [-0.1, -0.05) is 30.9 Å². The van der Waals surface area contributed by atoms with Crippen molar-refractivity contribution in [2.24, 2.45) is 11.8 Å². The molecule has 180 valence electrons. The van der Waals surface area contributed by atoms with Gasteiger partial charge in [-0.2, -0.15) is 0 Å². The Hall–Kier alpha value is -3.43. The van der Waals surface area contributed by atoms with E-state index in [9.17, 15) is 14.7 Å². The highest BCUT2D eigenvalue weighted by molar-refractivity contribution is 7.18. The van der Waals surface area contributed by atoms with Gasteiger partial charge in [0.1, 0.15) is 4.88 Å². The van der Waals surface area contributed by atoms with Crippen LogP contribution >= 0.6 is 11.3 Å². The molecule has 1 aromatic carbocycles. The zero-order chi connectivity index (χ0) is 24.9. The second-order valence-corrected chi connectivity index (χ2v) is 10.5. The second-order valence-electron chi connectivity index (χ2n) is 9.46. The number of thiophene rings is 1. The normalized spacial score (nSPS) is 17.5. The Morgan fingerprint density at radius 2 is 1.74 bits per heavy atom. The van der Waals surface area contributed by atoms with Crippen LogP contribution in [-0.2, 0) is 4.79 Å². The molecule has 0 bridgehead atoms. The number of rotatable bonds is 5. The molecule has 1 fully saturated rings. The SMILES string of the molecule is CC(C)N(c1cc(-c2ccc(C#Cc3cccnc3)cc2)sc1C(=O)O)C(=O)[C@H]1CC[C@H](C)CC1. The van der Waals surface area contributed by atoms with Gasteiger partial charge >= 0.3 is 5.97 Å². The average Bonchev–Trinajstić information content (AvgIpc) is 3.29. The molecule has 0 saturated heterocycles. The van der Waals surface area contributed by atoms with Crippen LogP contribution in [0.1, 0.15) is 67.3 Å². The molecule has 0 atom stereocenters. The van der Waals surface area contributed by atoms with Crippen molar-refractivity contribution in [1.82, 2.24) is 4.98 Å². The first-order valence-electron chi connectivity index (χ1n) is 12.1. The van der Waals surface area contributed by atoms with E-state index in [-0.39, 0.29) is 22.7 Å². The Bertz CT molecular complexity index is 1240. The maximum absolute atomic E-state index is 13.5. The summed E-state index contributed by atoms with van der Waals surface area (Å²) in [6, 6.07) is 13.2. The molecule has 0 radical (unpaired) electrons. The Labute approximate surface area is 210 Å². The molecule has 3 aromatic rings. The lowest BCUT2D eigenvalue weighted by atomic mass is 9.82. The largest absolute Gasteiger partial charge is 0.477 e. The van der Waals surface area contributed by atoms with Gasteiger partial charge in [-0.25, -0.2) is 4.79 Å². The highest BCUT2D eigenvalue weighted by atomic mass is 32.1. The van der Waals surface area contributed by atoms with E-state index in [0.29, 0.717) is 11.6 Å². The molecule has 1 aliphatic carbocycles. The number of benzene rings is 1. The summed E-state index contributed by atoms with van der Waals surface area (Å²) in [5.74, 6) is 5.85. The molecule has 1 amide bonds. The number of nitrogens with zero attached hydrogens (tertiary/aromatic N) is 2. The van der Waals surface area contributed by atoms with E-state index in [0.717, 1.165) is 47.3 Å². The number of hydrogen-bond acceptors (Lipinski definition) is 4. The monoisotopic (exact) mass is 486 g/mol. The third-order valence-electron chi connectivity index (χ3n) is 6.47. The van der Waals surface area contributed by atoms with Gasteiger partial charge in [0.2, 0.25) is 5.91 Å². The number of hydrogen-bond donors (Lipinski definition) is 1. The molecular weight excluding hydrogens is 456 g/mol. The number of aromatic nitrogens is 1. The summed E-state index contributed by atoms with van der Waals surface area (Å²) >= 11 is 1.21. The molecule has 2 aromatic heterocycles. The number of amides is 1. The third-order valence-corrected chi connectivity index (χ3v) is 7.63. The molecule has 6 heteroatoms. The van der Waals surface area contributed by atoms with Gasteiger partial charge in [0, 0.05) is 40.4 Å².